The van der Waals surface area contributed by atoms with E-state index in [4.69, 9.17) is 10.1 Å². The maximum atomic E-state index is 11.0. The molecule has 0 spiro atoms. The summed E-state index contributed by atoms with van der Waals surface area (Å²) in [6.07, 6.45) is 2.21. The van der Waals surface area contributed by atoms with Gasteiger partial charge in [0, 0.05) is 24.2 Å². The lowest BCUT2D eigenvalue weighted by Crippen LogP contribution is -2.33. The molecular weight excluding hydrogens is 408 g/mol. The number of rotatable bonds is 8. The number of allylic oxidation sites excluding steroid dienone is 4. The van der Waals surface area contributed by atoms with Crippen molar-refractivity contribution in [3.05, 3.63) is 118 Å². The molecular formula is C29H28N2O2. The van der Waals surface area contributed by atoms with Gasteiger partial charge in [-0.3, -0.25) is 0 Å². The molecule has 3 N–H and O–H groups in total. The van der Waals surface area contributed by atoms with Crippen molar-refractivity contribution in [3.63, 3.8) is 0 Å². The van der Waals surface area contributed by atoms with E-state index in [2.05, 4.69) is 78.1 Å². The summed E-state index contributed by atoms with van der Waals surface area (Å²) < 4.78 is 0. The van der Waals surface area contributed by atoms with Gasteiger partial charge in [0.1, 0.15) is 0 Å². The average molecular weight is 437 g/mol. The van der Waals surface area contributed by atoms with Gasteiger partial charge < -0.3 is 15.5 Å². The van der Waals surface area contributed by atoms with Crippen LogP contribution < -0.4 is 15.9 Å². The lowest BCUT2D eigenvalue weighted by atomic mass is 9.74. The molecule has 0 amide bonds. The van der Waals surface area contributed by atoms with Crippen LogP contribution in [0, 0.1) is 5.92 Å². The second-order valence-corrected chi connectivity index (χ2v) is 8.50. The second-order valence-electron chi connectivity index (χ2n) is 8.50. The highest BCUT2D eigenvalue weighted by Crippen LogP contribution is 2.46. The molecule has 2 unspecified atom stereocenters. The molecule has 3 aromatic rings. The smallest absolute Gasteiger partial charge is 0.0713 e. The number of fused-ring (bicyclic) bond motifs is 2. The third-order valence-electron chi connectivity index (χ3n) is 6.33. The third-order valence-corrected chi connectivity index (χ3v) is 6.33. The molecule has 33 heavy (non-hydrogen) atoms. The zero-order valence-electron chi connectivity index (χ0n) is 18.5. The van der Waals surface area contributed by atoms with Crippen LogP contribution in [-0.2, 0) is 0 Å². The fourth-order valence-corrected chi connectivity index (χ4v) is 4.92. The highest BCUT2D eigenvalue weighted by Gasteiger charge is 2.33. The first-order valence-electron chi connectivity index (χ1n) is 11.5. The summed E-state index contributed by atoms with van der Waals surface area (Å²) in [7, 11) is 0. The summed E-state index contributed by atoms with van der Waals surface area (Å²) in [5.41, 5.74) is 6.84. The van der Waals surface area contributed by atoms with E-state index in [1.165, 1.54) is 11.1 Å². The highest BCUT2D eigenvalue weighted by molar-refractivity contribution is 6.04. The van der Waals surface area contributed by atoms with E-state index in [1.807, 2.05) is 18.2 Å². The summed E-state index contributed by atoms with van der Waals surface area (Å²) in [4.78, 5) is 4.97. The lowest BCUT2D eigenvalue weighted by molar-refractivity contribution is 0.153. The Kier molecular flexibility index (Phi) is 6.31. The largest absolute Gasteiger partial charge is 0.395 e. The van der Waals surface area contributed by atoms with Gasteiger partial charge >= 0.3 is 0 Å². The zero-order chi connectivity index (χ0) is 22.6. The van der Waals surface area contributed by atoms with Crippen molar-refractivity contribution < 1.29 is 10.2 Å². The number of benzene rings is 3. The zero-order valence-corrected chi connectivity index (χ0v) is 18.5. The van der Waals surface area contributed by atoms with Gasteiger partial charge in [-0.2, -0.15) is 0 Å². The quantitative estimate of drug-likeness (QED) is 0.476. The number of aliphatic hydroxyl groups is 2. The Bertz CT molecular complexity index is 1310. The van der Waals surface area contributed by atoms with Gasteiger partial charge in [0.2, 0.25) is 0 Å². The molecule has 0 saturated carbocycles. The molecule has 2 aliphatic rings. The van der Waals surface area contributed by atoms with Crippen LogP contribution in [0.4, 0.5) is 0 Å². The van der Waals surface area contributed by atoms with Gasteiger partial charge in [0.15, 0.2) is 0 Å². The van der Waals surface area contributed by atoms with E-state index in [-0.39, 0.29) is 12.5 Å². The average Bonchev–Trinajstić information content (AvgIpc) is 3.23. The van der Waals surface area contributed by atoms with Crippen molar-refractivity contribution in [1.82, 2.24) is 5.32 Å². The number of para-hydroxylation sites is 1. The molecule has 4 nitrogen and oxygen atoms in total. The molecule has 5 rings (SSSR count). The molecule has 1 aliphatic heterocycles. The SMILES string of the molecule is OCCNCC(O)CC1C(c2ccccc2)=C(c2ccccc2)C=C2N=c3ccccc3=C21. The standard InChI is InChI=1S/C29H28N2O2/c32-16-15-30-19-22(33)17-25-28(21-11-5-2-6-12-21)24(20-9-3-1-4-10-20)18-27-29(25)23-13-7-8-14-26(23)31-27/h1-14,18,22,25,30,32-33H,15-17,19H2. The molecule has 2 atom stereocenters. The molecule has 0 aromatic heterocycles. The number of aliphatic hydroxyl groups excluding tert-OH is 2. The van der Waals surface area contributed by atoms with Gasteiger partial charge in [-0.1, -0.05) is 78.9 Å². The number of hydrogen-bond acceptors (Lipinski definition) is 4. The van der Waals surface area contributed by atoms with Crippen LogP contribution in [0.2, 0.25) is 0 Å². The molecule has 1 heterocycles. The summed E-state index contributed by atoms with van der Waals surface area (Å²) >= 11 is 0. The van der Waals surface area contributed by atoms with Crippen LogP contribution in [0.15, 0.2) is 102 Å². The van der Waals surface area contributed by atoms with E-state index in [1.54, 1.807) is 0 Å². The Labute approximate surface area is 194 Å². The second kappa shape index (κ2) is 9.67. The van der Waals surface area contributed by atoms with E-state index in [0.29, 0.717) is 19.5 Å². The van der Waals surface area contributed by atoms with E-state index >= 15 is 0 Å². The Morgan fingerprint density at radius 1 is 0.818 bits per heavy atom. The molecule has 0 bridgehead atoms. The molecule has 0 saturated heterocycles. The predicted molar refractivity (Wildman–Crippen MR) is 132 cm³/mol. The topological polar surface area (TPSA) is 64.8 Å². The van der Waals surface area contributed by atoms with Gasteiger partial charge in [0.25, 0.3) is 0 Å². The van der Waals surface area contributed by atoms with E-state index < -0.39 is 6.10 Å². The fourth-order valence-electron chi connectivity index (χ4n) is 4.92. The van der Waals surface area contributed by atoms with Crippen molar-refractivity contribution in [2.24, 2.45) is 10.9 Å². The lowest BCUT2D eigenvalue weighted by Gasteiger charge is -2.31. The molecule has 0 fully saturated rings. The number of hydrogen-bond donors (Lipinski definition) is 3. The molecule has 1 aliphatic carbocycles. The Morgan fingerprint density at radius 3 is 2.21 bits per heavy atom. The molecule has 3 aromatic carbocycles. The van der Waals surface area contributed by atoms with Gasteiger partial charge in [-0.05, 0) is 46.4 Å². The molecule has 4 heteroatoms. The fraction of sp³-hybridized carbons (Fsp3) is 0.207. The minimum atomic E-state index is -0.558. The van der Waals surface area contributed by atoms with E-state index in [9.17, 15) is 5.11 Å². The normalized spacial score (nSPS) is 17.8. The van der Waals surface area contributed by atoms with Gasteiger partial charge in [-0.25, -0.2) is 4.99 Å². The van der Waals surface area contributed by atoms with Crippen LogP contribution >= 0.6 is 0 Å². The number of nitrogens with one attached hydrogen (secondary N) is 1. The Morgan fingerprint density at radius 2 is 1.48 bits per heavy atom. The van der Waals surface area contributed by atoms with Crippen molar-refractivity contribution in [1.29, 1.82) is 0 Å². The van der Waals surface area contributed by atoms with E-state index in [0.717, 1.165) is 33.0 Å². The minimum Gasteiger partial charge on any atom is -0.395 e. The first-order valence-corrected chi connectivity index (χ1v) is 11.5. The van der Waals surface area contributed by atoms with Gasteiger partial charge in [-0.15, -0.1) is 0 Å². The number of nitrogens with zero attached hydrogens (tertiary/aromatic N) is 1. The van der Waals surface area contributed by atoms with Crippen LogP contribution in [-0.4, -0.2) is 36.0 Å². The van der Waals surface area contributed by atoms with Crippen molar-refractivity contribution in [2.75, 3.05) is 19.7 Å². The first kappa shape index (κ1) is 21.5. The first-order chi connectivity index (χ1) is 16.3. The monoisotopic (exact) mass is 436 g/mol. The summed E-state index contributed by atoms with van der Waals surface area (Å²) in [6, 6.07) is 29.2. The minimum absolute atomic E-state index is 0.0130. The summed E-state index contributed by atoms with van der Waals surface area (Å²) in [5.74, 6) is -0.0130. The van der Waals surface area contributed by atoms with Crippen LogP contribution in [0.5, 0.6) is 0 Å². The third kappa shape index (κ3) is 4.33. The molecule has 0 radical (unpaired) electrons. The predicted octanol–water partition coefficient (Wildman–Crippen LogP) is 2.93. The Hall–Kier alpha value is -3.31. The summed E-state index contributed by atoms with van der Waals surface area (Å²) in [6.45, 7) is 0.961. The maximum Gasteiger partial charge on any atom is 0.0713 e. The Balaban J connectivity index is 1.71. The van der Waals surface area contributed by atoms with Crippen LogP contribution in [0.25, 0.3) is 16.7 Å². The molecule has 166 valence electrons. The maximum absolute atomic E-state index is 11.0. The van der Waals surface area contributed by atoms with Crippen molar-refractivity contribution in [3.8, 4) is 0 Å². The van der Waals surface area contributed by atoms with Crippen molar-refractivity contribution in [2.45, 2.75) is 12.5 Å². The highest BCUT2D eigenvalue weighted by atomic mass is 16.3. The van der Waals surface area contributed by atoms with Gasteiger partial charge in [0.05, 0.1) is 23.8 Å². The van der Waals surface area contributed by atoms with Crippen LogP contribution in [0.3, 0.4) is 0 Å². The van der Waals surface area contributed by atoms with Crippen molar-refractivity contribution >= 4 is 16.7 Å². The van der Waals surface area contributed by atoms with Crippen LogP contribution in [0.1, 0.15) is 17.5 Å². The summed E-state index contributed by atoms with van der Waals surface area (Å²) in [5, 5.41) is 25.4.